The second-order valence-corrected chi connectivity index (χ2v) is 8.66. The Morgan fingerprint density at radius 2 is 1.67 bits per heavy atom. The Morgan fingerprint density at radius 1 is 1.00 bits per heavy atom. The number of anilines is 1. The number of nitrogens with zero attached hydrogens (tertiary/aromatic N) is 3. The number of hydrogen-bond acceptors (Lipinski definition) is 3. The molecule has 0 aliphatic heterocycles. The fraction of sp³-hybridized carbons (Fsp3) is 0.222. The highest BCUT2D eigenvalue weighted by atomic mass is 19.4. The highest BCUT2D eigenvalue weighted by Gasteiger charge is 2.34. The minimum atomic E-state index is -4.63. The van der Waals surface area contributed by atoms with Crippen molar-refractivity contribution in [2.75, 3.05) is 12.4 Å². The highest BCUT2D eigenvalue weighted by molar-refractivity contribution is 5.90. The topological polar surface area (TPSA) is 67.2 Å². The van der Waals surface area contributed by atoms with Crippen LogP contribution < -0.4 is 10.9 Å². The van der Waals surface area contributed by atoms with Crippen LogP contribution in [0.5, 0.6) is 0 Å². The first-order valence-electron chi connectivity index (χ1n) is 11.3. The molecule has 4 aromatic rings. The molecular weight excluding hydrogens is 469 g/mol. The molecule has 0 fully saturated rings. The number of aromatic nitrogens is 2. The molecule has 0 saturated carbocycles. The Kier molecular flexibility index (Phi) is 6.58. The Hall–Kier alpha value is -4.14. The molecule has 186 valence electrons. The third kappa shape index (κ3) is 4.68. The van der Waals surface area contributed by atoms with Crippen molar-refractivity contribution >= 4 is 22.6 Å². The van der Waals surface area contributed by atoms with Crippen LogP contribution in [0.15, 0.2) is 71.5 Å². The Labute approximate surface area is 206 Å². The first kappa shape index (κ1) is 25.0. The summed E-state index contributed by atoms with van der Waals surface area (Å²) in [6.45, 7) is 5.56. The summed E-state index contributed by atoms with van der Waals surface area (Å²) in [4.78, 5) is 32.5. The molecule has 0 bridgehead atoms. The molecule has 6 nitrogen and oxygen atoms in total. The van der Waals surface area contributed by atoms with Crippen molar-refractivity contribution in [2.45, 2.75) is 33.0 Å². The van der Waals surface area contributed by atoms with Crippen molar-refractivity contribution in [3.05, 3.63) is 99.6 Å². The van der Waals surface area contributed by atoms with Crippen molar-refractivity contribution in [1.82, 2.24) is 14.5 Å². The third-order valence-corrected chi connectivity index (χ3v) is 6.30. The van der Waals surface area contributed by atoms with E-state index in [1.807, 2.05) is 26.0 Å². The van der Waals surface area contributed by atoms with Gasteiger partial charge in [0.05, 0.1) is 33.9 Å². The molecule has 9 heteroatoms. The molecule has 36 heavy (non-hydrogen) atoms. The van der Waals surface area contributed by atoms with E-state index in [1.54, 1.807) is 37.3 Å². The first-order valence-corrected chi connectivity index (χ1v) is 11.3. The second-order valence-electron chi connectivity index (χ2n) is 8.66. The van der Waals surface area contributed by atoms with Gasteiger partial charge in [0.2, 0.25) is 0 Å². The zero-order valence-corrected chi connectivity index (χ0v) is 20.2. The number of carbonyl (C=O) groups excluding carboxylic acids is 1. The van der Waals surface area contributed by atoms with E-state index in [4.69, 9.17) is 4.98 Å². The highest BCUT2D eigenvalue weighted by Crippen LogP contribution is 2.35. The molecule has 1 unspecified atom stereocenters. The van der Waals surface area contributed by atoms with Crippen LogP contribution in [0.3, 0.4) is 0 Å². The first-order chi connectivity index (χ1) is 17.0. The molecule has 0 radical (unpaired) electrons. The predicted octanol–water partition coefficient (Wildman–Crippen LogP) is 6.25. The number of aryl methyl sites for hydroxylation is 2. The number of amides is 2. The van der Waals surface area contributed by atoms with Crippen LogP contribution in [0.2, 0.25) is 0 Å². The molecule has 4 rings (SSSR count). The summed E-state index contributed by atoms with van der Waals surface area (Å²) in [6.07, 6.45) is -4.63. The van der Waals surface area contributed by atoms with Crippen LogP contribution in [-0.4, -0.2) is 27.5 Å². The van der Waals surface area contributed by atoms with E-state index in [-0.39, 0.29) is 17.1 Å². The van der Waals surface area contributed by atoms with Gasteiger partial charge in [-0.25, -0.2) is 9.78 Å². The van der Waals surface area contributed by atoms with Crippen molar-refractivity contribution in [1.29, 1.82) is 0 Å². The Morgan fingerprint density at radius 3 is 2.36 bits per heavy atom. The third-order valence-electron chi connectivity index (χ3n) is 6.30. The standard InChI is InChI=1S/C27H25F3N4O2/c1-16-13-14-19(15-17(16)2)34-24(31-22-11-7-5-9-20(22)25(34)35)18(3)33(4)26(36)32-23-12-8-6-10-21(23)27(28,29)30/h5-15,18H,1-4H3,(H,32,36). The number of halogens is 3. The van der Waals surface area contributed by atoms with Gasteiger partial charge in [0.15, 0.2) is 0 Å². The number of alkyl halides is 3. The van der Waals surface area contributed by atoms with Gasteiger partial charge in [-0.2, -0.15) is 13.2 Å². The molecule has 0 spiro atoms. The summed E-state index contributed by atoms with van der Waals surface area (Å²) in [5.41, 5.74) is 1.46. The number of fused-ring (bicyclic) bond motifs is 1. The summed E-state index contributed by atoms with van der Waals surface area (Å²) in [7, 11) is 1.45. The van der Waals surface area contributed by atoms with Crippen LogP contribution >= 0.6 is 0 Å². The summed E-state index contributed by atoms with van der Waals surface area (Å²) >= 11 is 0. The summed E-state index contributed by atoms with van der Waals surface area (Å²) < 4.78 is 41.7. The quantitative estimate of drug-likeness (QED) is 0.365. The molecule has 0 aliphatic carbocycles. The Balaban J connectivity index is 1.78. The lowest BCUT2D eigenvalue weighted by atomic mass is 10.1. The molecule has 0 saturated heterocycles. The largest absolute Gasteiger partial charge is 0.418 e. The van der Waals surface area contributed by atoms with E-state index in [1.165, 1.54) is 34.7 Å². The zero-order valence-electron chi connectivity index (χ0n) is 20.2. The lowest BCUT2D eigenvalue weighted by Crippen LogP contribution is -2.37. The van der Waals surface area contributed by atoms with Gasteiger partial charge in [-0.3, -0.25) is 9.36 Å². The average Bonchev–Trinajstić information content (AvgIpc) is 2.84. The van der Waals surface area contributed by atoms with E-state index >= 15 is 0 Å². The fourth-order valence-corrected chi connectivity index (χ4v) is 3.94. The average molecular weight is 495 g/mol. The smallest absolute Gasteiger partial charge is 0.318 e. The monoisotopic (exact) mass is 494 g/mol. The SMILES string of the molecule is Cc1ccc(-n2c(C(C)N(C)C(=O)Nc3ccccc3C(F)(F)F)nc3ccccc3c2=O)cc1C. The van der Waals surface area contributed by atoms with Crippen LogP contribution in [-0.2, 0) is 6.18 Å². The summed E-state index contributed by atoms with van der Waals surface area (Å²) in [5.74, 6) is 0.281. The van der Waals surface area contributed by atoms with Crippen molar-refractivity contribution in [2.24, 2.45) is 0 Å². The van der Waals surface area contributed by atoms with E-state index in [9.17, 15) is 22.8 Å². The molecule has 2 amide bonds. The molecule has 1 atom stereocenters. The maximum atomic E-state index is 13.6. The van der Waals surface area contributed by atoms with Gasteiger partial charge in [0.1, 0.15) is 5.82 Å². The molecule has 1 aromatic heterocycles. The number of carbonyl (C=O) groups is 1. The molecule has 0 aliphatic rings. The van der Waals surface area contributed by atoms with E-state index in [0.29, 0.717) is 16.6 Å². The predicted molar refractivity (Wildman–Crippen MR) is 133 cm³/mol. The fourth-order valence-electron chi connectivity index (χ4n) is 3.94. The van der Waals surface area contributed by atoms with Gasteiger partial charge < -0.3 is 10.2 Å². The molecular formula is C27H25F3N4O2. The van der Waals surface area contributed by atoms with Gasteiger partial charge in [-0.15, -0.1) is 0 Å². The van der Waals surface area contributed by atoms with Crippen molar-refractivity contribution in [3.8, 4) is 5.69 Å². The number of para-hydroxylation sites is 2. The van der Waals surface area contributed by atoms with E-state index < -0.39 is 23.8 Å². The normalized spacial score (nSPS) is 12.4. The van der Waals surface area contributed by atoms with Crippen LogP contribution in [0.4, 0.5) is 23.7 Å². The zero-order chi connectivity index (χ0) is 26.2. The number of hydrogen-bond donors (Lipinski definition) is 1. The van der Waals surface area contributed by atoms with Gasteiger partial charge in [-0.05, 0) is 68.3 Å². The van der Waals surface area contributed by atoms with Crippen molar-refractivity contribution < 1.29 is 18.0 Å². The molecule has 1 N–H and O–H groups in total. The van der Waals surface area contributed by atoms with E-state index in [2.05, 4.69) is 5.32 Å². The molecule has 3 aromatic carbocycles. The number of benzene rings is 3. The maximum Gasteiger partial charge on any atom is 0.418 e. The van der Waals surface area contributed by atoms with Gasteiger partial charge in [-0.1, -0.05) is 30.3 Å². The summed E-state index contributed by atoms with van der Waals surface area (Å²) in [6, 6.07) is 15.7. The number of nitrogens with one attached hydrogen (secondary N) is 1. The van der Waals surface area contributed by atoms with Crippen molar-refractivity contribution in [3.63, 3.8) is 0 Å². The lowest BCUT2D eigenvalue weighted by molar-refractivity contribution is -0.136. The minimum Gasteiger partial charge on any atom is -0.318 e. The van der Waals surface area contributed by atoms with E-state index in [0.717, 1.165) is 17.2 Å². The van der Waals surface area contributed by atoms with Crippen LogP contribution in [0.25, 0.3) is 16.6 Å². The molecule has 1 heterocycles. The maximum absolute atomic E-state index is 13.6. The van der Waals surface area contributed by atoms with Crippen LogP contribution in [0, 0.1) is 13.8 Å². The number of rotatable bonds is 4. The van der Waals surface area contributed by atoms with Gasteiger partial charge in [0.25, 0.3) is 5.56 Å². The van der Waals surface area contributed by atoms with Gasteiger partial charge >= 0.3 is 12.2 Å². The van der Waals surface area contributed by atoms with Gasteiger partial charge in [0, 0.05) is 7.05 Å². The van der Waals surface area contributed by atoms with Crippen LogP contribution in [0.1, 0.15) is 35.5 Å². The minimum absolute atomic E-state index is 0.281. The lowest BCUT2D eigenvalue weighted by Gasteiger charge is -2.28. The Bertz CT molecular complexity index is 1510. The number of urea groups is 1. The second kappa shape index (κ2) is 9.49. The summed E-state index contributed by atoms with van der Waals surface area (Å²) in [5, 5.41) is 2.76.